The number of carbonyl (C=O) groups is 2. The van der Waals surface area contributed by atoms with E-state index < -0.39 is 23.0 Å². The van der Waals surface area contributed by atoms with Crippen LogP contribution >= 0.6 is 11.8 Å². The van der Waals surface area contributed by atoms with Crippen LogP contribution in [0.25, 0.3) is 0 Å². The van der Waals surface area contributed by atoms with Crippen molar-refractivity contribution in [2.75, 3.05) is 10.6 Å². The maximum Gasteiger partial charge on any atom is 0.446 e. The van der Waals surface area contributed by atoms with Gasteiger partial charge in [0.1, 0.15) is 17.4 Å². The molecule has 156 valence electrons. The normalized spacial score (nSPS) is 16.1. The second kappa shape index (κ2) is 7.53. The van der Waals surface area contributed by atoms with Crippen LogP contribution in [0, 0.1) is 11.3 Å². The van der Waals surface area contributed by atoms with Gasteiger partial charge in [-0.1, -0.05) is 0 Å². The van der Waals surface area contributed by atoms with Gasteiger partial charge in [0, 0.05) is 11.1 Å². The summed E-state index contributed by atoms with van der Waals surface area (Å²) >= 11 is -0.286. The third-order valence-electron chi connectivity index (χ3n) is 4.66. The van der Waals surface area contributed by atoms with Gasteiger partial charge in [0.25, 0.3) is 5.91 Å². The molecule has 0 aliphatic carbocycles. The van der Waals surface area contributed by atoms with Crippen LogP contribution in [-0.4, -0.2) is 32.9 Å². The van der Waals surface area contributed by atoms with Crippen molar-refractivity contribution >= 4 is 35.2 Å². The highest BCUT2D eigenvalue weighted by Crippen LogP contribution is 2.39. The summed E-state index contributed by atoms with van der Waals surface area (Å²) in [5.74, 6) is -0.523. The highest BCUT2D eigenvalue weighted by molar-refractivity contribution is 8.00. The Kier molecular flexibility index (Phi) is 5.38. The molecule has 30 heavy (non-hydrogen) atoms. The SMILES string of the molecule is CC1(C)C(=O)N(c2ccc(SC(F)(F)F)cc2)C(=O)N1Cc1ccnc(N)c1C#N. The summed E-state index contributed by atoms with van der Waals surface area (Å²) in [6, 6.07) is 7.79. The lowest BCUT2D eigenvalue weighted by Gasteiger charge is -2.28. The molecule has 0 atom stereocenters. The molecule has 0 spiro atoms. The standard InChI is InChI=1S/C19H16F3N5O2S/c1-18(2)16(28)27(12-3-5-13(6-4-12)30-19(20,21)22)17(29)26(18)10-11-7-8-25-15(24)14(11)9-23/h3-8H,10H2,1-2H3,(H2,24,25). The van der Waals surface area contributed by atoms with Crippen LogP contribution in [0.15, 0.2) is 41.4 Å². The molecule has 7 nitrogen and oxygen atoms in total. The number of thioether (sulfide) groups is 1. The number of imide groups is 1. The number of hydrogen-bond acceptors (Lipinski definition) is 6. The van der Waals surface area contributed by atoms with Crippen molar-refractivity contribution < 1.29 is 22.8 Å². The number of benzene rings is 1. The molecule has 2 heterocycles. The van der Waals surface area contributed by atoms with Gasteiger partial charge in [-0.2, -0.15) is 18.4 Å². The zero-order valence-electron chi connectivity index (χ0n) is 15.9. The molecule has 0 bridgehead atoms. The van der Waals surface area contributed by atoms with Gasteiger partial charge in [-0.3, -0.25) is 4.79 Å². The van der Waals surface area contributed by atoms with Gasteiger partial charge < -0.3 is 10.6 Å². The highest BCUT2D eigenvalue weighted by Gasteiger charge is 2.52. The Bertz CT molecular complexity index is 1050. The Hall–Kier alpha value is -3.26. The molecule has 2 aromatic rings. The fourth-order valence-electron chi connectivity index (χ4n) is 3.08. The van der Waals surface area contributed by atoms with Crippen LogP contribution in [0.3, 0.4) is 0 Å². The van der Waals surface area contributed by atoms with Gasteiger partial charge in [-0.15, -0.1) is 0 Å². The lowest BCUT2D eigenvalue weighted by Crippen LogP contribution is -2.43. The maximum atomic E-state index is 13.1. The van der Waals surface area contributed by atoms with Crippen molar-refractivity contribution in [3.63, 3.8) is 0 Å². The number of carbonyl (C=O) groups excluding carboxylic acids is 2. The molecule has 1 aliphatic rings. The van der Waals surface area contributed by atoms with Crippen LogP contribution in [0.4, 0.5) is 29.5 Å². The van der Waals surface area contributed by atoms with E-state index in [1.54, 1.807) is 13.8 Å². The van der Waals surface area contributed by atoms with E-state index >= 15 is 0 Å². The number of anilines is 2. The van der Waals surface area contributed by atoms with Crippen molar-refractivity contribution in [1.29, 1.82) is 5.26 Å². The fraction of sp³-hybridized carbons (Fsp3) is 0.263. The number of alkyl halides is 3. The van der Waals surface area contributed by atoms with Gasteiger partial charge in [0.05, 0.1) is 17.8 Å². The van der Waals surface area contributed by atoms with E-state index in [9.17, 15) is 28.0 Å². The predicted octanol–water partition coefficient (Wildman–Crippen LogP) is 3.89. The number of nitrogen functional groups attached to an aromatic ring is 1. The van der Waals surface area contributed by atoms with E-state index in [1.165, 1.54) is 41.4 Å². The second-order valence-electron chi connectivity index (χ2n) is 6.95. The molecule has 3 amide bonds. The number of aromatic nitrogens is 1. The Morgan fingerprint density at radius 2 is 1.83 bits per heavy atom. The molecule has 1 aromatic heterocycles. The third-order valence-corrected chi connectivity index (χ3v) is 5.40. The van der Waals surface area contributed by atoms with Gasteiger partial charge in [-0.05, 0) is 61.5 Å². The molecule has 0 unspecified atom stereocenters. The largest absolute Gasteiger partial charge is 0.446 e. The molecular formula is C19H16F3N5O2S. The van der Waals surface area contributed by atoms with E-state index in [4.69, 9.17) is 5.73 Å². The predicted molar refractivity (Wildman–Crippen MR) is 104 cm³/mol. The number of rotatable bonds is 4. The second-order valence-corrected chi connectivity index (χ2v) is 8.09. The summed E-state index contributed by atoms with van der Waals surface area (Å²) in [5.41, 5.74) is 0.721. The fourth-order valence-corrected chi connectivity index (χ4v) is 3.62. The zero-order valence-corrected chi connectivity index (χ0v) is 16.7. The molecule has 0 saturated carbocycles. The number of urea groups is 1. The highest BCUT2D eigenvalue weighted by atomic mass is 32.2. The molecule has 1 saturated heterocycles. The Labute approximate surface area is 174 Å². The first-order chi connectivity index (χ1) is 14.0. The quantitative estimate of drug-likeness (QED) is 0.577. The molecule has 0 radical (unpaired) electrons. The van der Waals surface area contributed by atoms with E-state index in [0.29, 0.717) is 5.56 Å². The minimum absolute atomic E-state index is 0.0142. The first kappa shape index (κ1) is 21.4. The summed E-state index contributed by atoms with van der Waals surface area (Å²) in [5, 5.41) is 9.32. The van der Waals surface area contributed by atoms with Crippen LogP contribution in [0.1, 0.15) is 25.0 Å². The number of nitriles is 1. The Morgan fingerprint density at radius 1 is 1.20 bits per heavy atom. The minimum atomic E-state index is -4.44. The average molecular weight is 435 g/mol. The monoisotopic (exact) mass is 435 g/mol. The van der Waals surface area contributed by atoms with Crippen molar-refractivity contribution in [2.45, 2.75) is 36.3 Å². The van der Waals surface area contributed by atoms with Gasteiger partial charge in [0.2, 0.25) is 0 Å². The number of pyridine rings is 1. The number of nitrogens with two attached hydrogens (primary N) is 1. The summed E-state index contributed by atoms with van der Waals surface area (Å²) in [7, 11) is 0. The van der Waals surface area contributed by atoms with E-state index in [-0.39, 0.29) is 40.3 Å². The molecule has 11 heteroatoms. The third kappa shape index (κ3) is 3.91. The average Bonchev–Trinajstić information content (AvgIpc) is 2.81. The molecule has 2 N–H and O–H groups in total. The lowest BCUT2D eigenvalue weighted by molar-refractivity contribution is -0.123. The first-order valence-electron chi connectivity index (χ1n) is 8.61. The summed E-state index contributed by atoms with van der Waals surface area (Å²) in [6.45, 7) is 3.04. The van der Waals surface area contributed by atoms with E-state index in [1.807, 2.05) is 6.07 Å². The number of amides is 3. The van der Waals surface area contributed by atoms with Crippen LogP contribution in [0.2, 0.25) is 0 Å². The molecule has 3 rings (SSSR count). The topological polar surface area (TPSA) is 103 Å². The van der Waals surface area contributed by atoms with Gasteiger partial charge >= 0.3 is 11.5 Å². The molecule has 1 aromatic carbocycles. The van der Waals surface area contributed by atoms with E-state index in [0.717, 1.165) is 4.90 Å². The Morgan fingerprint density at radius 3 is 2.40 bits per heavy atom. The van der Waals surface area contributed by atoms with Crippen molar-refractivity contribution in [2.24, 2.45) is 0 Å². The smallest absolute Gasteiger partial charge is 0.383 e. The van der Waals surface area contributed by atoms with Crippen molar-refractivity contribution in [3.05, 3.63) is 47.7 Å². The van der Waals surface area contributed by atoms with Crippen LogP contribution in [-0.2, 0) is 11.3 Å². The van der Waals surface area contributed by atoms with Gasteiger partial charge in [-0.25, -0.2) is 14.7 Å². The molecular weight excluding hydrogens is 419 g/mol. The van der Waals surface area contributed by atoms with Crippen LogP contribution < -0.4 is 10.6 Å². The van der Waals surface area contributed by atoms with E-state index in [2.05, 4.69) is 4.98 Å². The number of halogens is 3. The molecule has 1 fully saturated rings. The minimum Gasteiger partial charge on any atom is -0.383 e. The molecule has 1 aliphatic heterocycles. The summed E-state index contributed by atoms with van der Waals surface area (Å²) < 4.78 is 37.6. The Balaban J connectivity index is 1.91. The van der Waals surface area contributed by atoms with Crippen LogP contribution in [0.5, 0.6) is 0 Å². The summed E-state index contributed by atoms with van der Waals surface area (Å²) in [6.07, 6.45) is 1.40. The lowest BCUT2D eigenvalue weighted by atomic mass is 10.0. The first-order valence-corrected chi connectivity index (χ1v) is 9.43. The van der Waals surface area contributed by atoms with Crippen molar-refractivity contribution in [1.82, 2.24) is 9.88 Å². The maximum absolute atomic E-state index is 13.1. The number of nitrogens with zero attached hydrogens (tertiary/aromatic N) is 4. The summed E-state index contributed by atoms with van der Waals surface area (Å²) in [4.78, 5) is 32.0. The zero-order chi connectivity index (χ0) is 22.3. The van der Waals surface area contributed by atoms with Gasteiger partial charge in [0.15, 0.2) is 0 Å². The number of hydrogen-bond donors (Lipinski definition) is 1. The van der Waals surface area contributed by atoms with Crippen molar-refractivity contribution in [3.8, 4) is 6.07 Å².